The second kappa shape index (κ2) is 9.04. The maximum absolute atomic E-state index is 12.3. The molecule has 0 fully saturated rings. The van der Waals surface area contributed by atoms with Crippen molar-refractivity contribution in [2.24, 2.45) is 0 Å². The van der Waals surface area contributed by atoms with E-state index < -0.39 is 0 Å². The Morgan fingerprint density at radius 2 is 1.93 bits per heavy atom. The Morgan fingerprint density at radius 1 is 1.18 bits per heavy atom. The van der Waals surface area contributed by atoms with Gasteiger partial charge < -0.3 is 10.4 Å². The summed E-state index contributed by atoms with van der Waals surface area (Å²) in [6, 6.07) is 17.3. The molecule has 28 heavy (non-hydrogen) atoms. The Bertz CT molecular complexity index is 949. The molecule has 0 unspecified atom stereocenters. The first kappa shape index (κ1) is 20.1. The lowest BCUT2D eigenvalue weighted by molar-refractivity contribution is -0.121. The van der Waals surface area contributed by atoms with E-state index in [1.54, 1.807) is 10.7 Å². The molecule has 6 heteroatoms. The Labute approximate surface area is 170 Å². The van der Waals surface area contributed by atoms with Crippen LogP contribution in [0, 0.1) is 0 Å². The summed E-state index contributed by atoms with van der Waals surface area (Å²) >= 11 is 6.15. The van der Waals surface area contributed by atoms with E-state index in [2.05, 4.69) is 5.32 Å². The highest BCUT2D eigenvalue weighted by molar-refractivity contribution is 6.30. The standard InChI is InChI=1S/C22H24ClN3O2/c1-15(2)24-22(28)14-20-13-21(17-8-6-16(7-9-17)10-11-27)25-26(20)19-5-3-4-18(23)12-19/h3-9,12-13,15,27H,10-11,14H2,1-2H3,(H,24,28). The summed E-state index contributed by atoms with van der Waals surface area (Å²) < 4.78 is 1.77. The van der Waals surface area contributed by atoms with Gasteiger partial charge in [-0.05, 0) is 50.1 Å². The number of carbonyl (C=O) groups excluding carboxylic acids is 1. The van der Waals surface area contributed by atoms with Gasteiger partial charge in [-0.3, -0.25) is 4.79 Å². The minimum Gasteiger partial charge on any atom is -0.396 e. The lowest BCUT2D eigenvalue weighted by atomic mass is 10.1. The normalized spacial score (nSPS) is 11.0. The molecule has 0 atom stereocenters. The number of aromatic nitrogens is 2. The van der Waals surface area contributed by atoms with E-state index >= 15 is 0 Å². The van der Waals surface area contributed by atoms with Gasteiger partial charge >= 0.3 is 0 Å². The molecule has 0 aliphatic heterocycles. The van der Waals surface area contributed by atoms with Crippen molar-refractivity contribution in [3.05, 3.63) is 70.9 Å². The van der Waals surface area contributed by atoms with Crippen molar-refractivity contribution >= 4 is 17.5 Å². The molecule has 1 aromatic heterocycles. The van der Waals surface area contributed by atoms with E-state index in [9.17, 15) is 4.79 Å². The van der Waals surface area contributed by atoms with Crippen LogP contribution in [0.5, 0.6) is 0 Å². The zero-order chi connectivity index (χ0) is 20.1. The summed E-state index contributed by atoms with van der Waals surface area (Å²) in [5, 5.41) is 17.3. The smallest absolute Gasteiger partial charge is 0.226 e. The highest BCUT2D eigenvalue weighted by Crippen LogP contribution is 2.24. The van der Waals surface area contributed by atoms with Crippen molar-refractivity contribution < 1.29 is 9.90 Å². The minimum absolute atomic E-state index is 0.0528. The highest BCUT2D eigenvalue weighted by Gasteiger charge is 2.15. The number of nitrogens with zero attached hydrogens (tertiary/aromatic N) is 2. The van der Waals surface area contributed by atoms with Crippen LogP contribution in [0.3, 0.4) is 0 Å². The number of hydrogen-bond acceptors (Lipinski definition) is 3. The molecule has 1 amide bonds. The monoisotopic (exact) mass is 397 g/mol. The topological polar surface area (TPSA) is 67.2 Å². The van der Waals surface area contributed by atoms with E-state index in [1.807, 2.05) is 62.4 Å². The summed E-state index contributed by atoms with van der Waals surface area (Å²) in [6.45, 7) is 3.99. The number of aliphatic hydroxyl groups is 1. The molecule has 0 aliphatic rings. The molecular weight excluding hydrogens is 374 g/mol. The summed E-state index contributed by atoms with van der Waals surface area (Å²) in [4.78, 5) is 12.3. The first-order chi connectivity index (χ1) is 13.5. The fraction of sp³-hybridized carbons (Fsp3) is 0.273. The number of benzene rings is 2. The van der Waals surface area contributed by atoms with Gasteiger partial charge in [0, 0.05) is 23.2 Å². The van der Waals surface area contributed by atoms with Gasteiger partial charge in [-0.2, -0.15) is 5.10 Å². The largest absolute Gasteiger partial charge is 0.396 e. The molecule has 146 valence electrons. The van der Waals surface area contributed by atoms with E-state index in [0.717, 1.165) is 28.2 Å². The first-order valence-electron chi connectivity index (χ1n) is 9.30. The maximum atomic E-state index is 12.3. The van der Waals surface area contributed by atoms with Crippen LogP contribution in [0.15, 0.2) is 54.6 Å². The molecular formula is C22H24ClN3O2. The summed E-state index contributed by atoms with van der Waals surface area (Å²) in [5.74, 6) is -0.0528. The van der Waals surface area contributed by atoms with E-state index in [1.165, 1.54) is 0 Å². The third kappa shape index (κ3) is 5.00. The molecule has 5 nitrogen and oxygen atoms in total. The molecule has 0 radical (unpaired) electrons. The van der Waals surface area contributed by atoms with Crippen LogP contribution in [0.25, 0.3) is 16.9 Å². The van der Waals surface area contributed by atoms with Gasteiger partial charge in [-0.25, -0.2) is 4.68 Å². The molecule has 1 heterocycles. The molecule has 0 aliphatic carbocycles. The zero-order valence-corrected chi connectivity index (χ0v) is 16.8. The van der Waals surface area contributed by atoms with Gasteiger partial charge in [0.2, 0.25) is 5.91 Å². The molecule has 0 bridgehead atoms. The van der Waals surface area contributed by atoms with Crippen LogP contribution in [-0.4, -0.2) is 33.4 Å². The number of amides is 1. The van der Waals surface area contributed by atoms with Crippen molar-refractivity contribution in [1.29, 1.82) is 0 Å². The average molecular weight is 398 g/mol. The van der Waals surface area contributed by atoms with Gasteiger partial charge in [-0.1, -0.05) is 41.9 Å². The zero-order valence-electron chi connectivity index (χ0n) is 16.0. The van der Waals surface area contributed by atoms with Gasteiger partial charge in [0.1, 0.15) is 0 Å². The molecule has 0 saturated carbocycles. The fourth-order valence-electron chi connectivity index (χ4n) is 3.03. The molecule has 2 aromatic carbocycles. The van der Waals surface area contributed by atoms with Crippen molar-refractivity contribution in [2.45, 2.75) is 32.7 Å². The number of hydrogen-bond donors (Lipinski definition) is 2. The third-order valence-electron chi connectivity index (χ3n) is 4.28. The lowest BCUT2D eigenvalue weighted by Gasteiger charge is -2.10. The SMILES string of the molecule is CC(C)NC(=O)Cc1cc(-c2ccc(CCO)cc2)nn1-c1cccc(Cl)c1. The quantitative estimate of drug-likeness (QED) is 0.637. The second-order valence-corrected chi connectivity index (χ2v) is 7.42. The number of rotatable bonds is 7. The molecule has 3 aromatic rings. The minimum atomic E-state index is -0.0528. The molecule has 0 spiro atoms. The van der Waals surface area contributed by atoms with Crippen LogP contribution in [0.1, 0.15) is 25.1 Å². The van der Waals surface area contributed by atoms with Crippen LogP contribution in [-0.2, 0) is 17.6 Å². The van der Waals surface area contributed by atoms with Gasteiger partial charge in [0.25, 0.3) is 0 Å². The Hall–Kier alpha value is -2.63. The van der Waals surface area contributed by atoms with Gasteiger partial charge in [0.05, 0.1) is 23.5 Å². The predicted molar refractivity (Wildman–Crippen MR) is 112 cm³/mol. The fourth-order valence-corrected chi connectivity index (χ4v) is 3.21. The lowest BCUT2D eigenvalue weighted by Crippen LogP contribution is -2.31. The second-order valence-electron chi connectivity index (χ2n) is 6.98. The summed E-state index contributed by atoms with van der Waals surface area (Å²) in [6.07, 6.45) is 0.845. The predicted octanol–water partition coefficient (Wildman–Crippen LogP) is 3.79. The summed E-state index contributed by atoms with van der Waals surface area (Å²) in [5.41, 5.74) is 4.39. The van der Waals surface area contributed by atoms with Crippen molar-refractivity contribution in [1.82, 2.24) is 15.1 Å². The third-order valence-corrected chi connectivity index (χ3v) is 4.51. The summed E-state index contributed by atoms with van der Waals surface area (Å²) in [7, 11) is 0. The average Bonchev–Trinajstić information content (AvgIpc) is 3.05. The van der Waals surface area contributed by atoms with Crippen molar-refractivity contribution in [3.63, 3.8) is 0 Å². The molecule has 3 rings (SSSR count). The van der Waals surface area contributed by atoms with Gasteiger partial charge in [-0.15, -0.1) is 0 Å². The molecule has 0 saturated heterocycles. The maximum Gasteiger partial charge on any atom is 0.226 e. The number of halogens is 1. The Morgan fingerprint density at radius 3 is 2.57 bits per heavy atom. The van der Waals surface area contributed by atoms with Crippen LogP contribution >= 0.6 is 11.6 Å². The van der Waals surface area contributed by atoms with Crippen LogP contribution < -0.4 is 5.32 Å². The van der Waals surface area contributed by atoms with Crippen LogP contribution in [0.2, 0.25) is 5.02 Å². The highest BCUT2D eigenvalue weighted by atomic mass is 35.5. The Balaban J connectivity index is 1.98. The van der Waals surface area contributed by atoms with Crippen molar-refractivity contribution in [2.75, 3.05) is 6.61 Å². The van der Waals surface area contributed by atoms with E-state index in [4.69, 9.17) is 21.8 Å². The van der Waals surface area contributed by atoms with E-state index in [0.29, 0.717) is 11.4 Å². The number of carbonyl (C=O) groups is 1. The first-order valence-corrected chi connectivity index (χ1v) is 9.68. The Kier molecular flexibility index (Phi) is 6.49. The van der Waals surface area contributed by atoms with Crippen LogP contribution in [0.4, 0.5) is 0 Å². The van der Waals surface area contributed by atoms with Crippen molar-refractivity contribution in [3.8, 4) is 16.9 Å². The van der Waals surface area contributed by atoms with Gasteiger partial charge in [0.15, 0.2) is 0 Å². The number of aliphatic hydroxyl groups excluding tert-OH is 1. The number of nitrogens with one attached hydrogen (secondary N) is 1. The van der Waals surface area contributed by atoms with E-state index in [-0.39, 0.29) is 25.0 Å². The molecule has 2 N–H and O–H groups in total.